The van der Waals surface area contributed by atoms with Crippen molar-refractivity contribution < 1.29 is 10.2 Å². The van der Waals surface area contributed by atoms with Gasteiger partial charge in [0, 0.05) is 0 Å². The fourth-order valence-electron chi connectivity index (χ4n) is 4.01. The average molecular weight is 309 g/mol. The lowest BCUT2D eigenvalue weighted by Gasteiger charge is -2.36. The molecule has 0 radical (unpaired) electrons. The lowest BCUT2D eigenvalue weighted by Crippen LogP contribution is -2.35. The molecule has 0 aromatic rings. The summed E-state index contributed by atoms with van der Waals surface area (Å²) < 4.78 is 0. The number of aliphatic hydroxyl groups excluding tert-OH is 2. The molecular formula is C20H36O2. The normalized spacial score (nSPS) is 32.5. The Kier molecular flexibility index (Phi) is 6.88. The smallest absolute Gasteiger partial charge is 0.0614 e. The predicted molar refractivity (Wildman–Crippen MR) is 94.7 cm³/mol. The lowest BCUT2D eigenvalue weighted by atomic mass is 9.70. The number of allylic oxidation sites excluding steroid dienone is 3. The van der Waals surface area contributed by atoms with Gasteiger partial charge in [-0.25, -0.2) is 0 Å². The minimum absolute atomic E-state index is 0.0313. The molecule has 0 amide bonds. The molecular weight excluding hydrogens is 272 g/mol. The summed E-state index contributed by atoms with van der Waals surface area (Å²) >= 11 is 0. The Morgan fingerprint density at radius 3 is 2.09 bits per heavy atom. The van der Waals surface area contributed by atoms with Crippen molar-refractivity contribution in [3.8, 4) is 0 Å². The van der Waals surface area contributed by atoms with E-state index in [4.69, 9.17) is 5.11 Å². The standard InChI is InChI=1S/2C10H18O/c1-9(2)7-4-5-10(9,3)8(11)6-7;1-9(2)5-4-6-10(3)7-8-11/h7-8,11H,4-6H2,1-3H3;5,7,11H,4,6,8H2,1-3H3/b;10-7+/t7-,8+,10+;/m1./s1. The summed E-state index contributed by atoms with van der Waals surface area (Å²) in [4.78, 5) is 0. The maximum absolute atomic E-state index is 9.81. The maximum atomic E-state index is 9.81. The van der Waals surface area contributed by atoms with Crippen molar-refractivity contribution in [1.29, 1.82) is 0 Å². The first-order chi connectivity index (χ1) is 10.1. The Morgan fingerprint density at radius 2 is 1.77 bits per heavy atom. The van der Waals surface area contributed by atoms with Crippen LogP contribution in [0.3, 0.4) is 0 Å². The monoisotopic (exact) mass is 308 g/mol. The molecule has 2 N–H and O–H groups in total. The highest BCUT2D eigenvalue weighted by Crippen LogP contribution is 2.65. The second kappa shape index (κ2) is 7.79. The number of rotatable bonds is 4. The van der Waals surface area contributed by atoms with E-state index < -0.39 is 0 Å². The van der Waals surface area contributed by atoms with Gasteiger partial charge in [0.25, 0.3) is 0 Å². The van der Waals surface area contributed by atoms with E-state index in [0.717, 1.165) is 25.2 Å². The topological polar surface area (TPSA) is 40.5 Å². The zero-order chi connectivity index (χ0) is 17.0. The van der Waals surface area contributed by atoms with Gasteiger partial charge in [-0.1, -0.05) is 44.1 Å². The highest BCUT2D eigenvalue weighted by Gasteiger charge is 2.60. The Bertz CT molecular complexity index is 415. The maximum Gasteiger partial charge on any atom is 0.0614 e. The molecule has 2 heteroatoms. The van der Waals surface area contributed by atoms with Gasteiger partial charge in [-0.05, 0) is 69.6 Å². The fraction of sp³-hybridized carbons (Fsp3) is 0.800. The van der Waals surface area contributed by atoms with Gasteiger partial charge in [-0.15, -0.1) is 0 Å². The fourth-order valence-corrected chi connectivity index (χ4v) is 4.01. The van der Waals surface area contributed by atoms with Crippen molar-refractivity contribution in [2.24, 2.45) is 16.7 Å². The molecule has 2 aliphatic rings. The Labute approximate surface area is 137 Å². The molecule has 2 aliphatic carbocycles. The zero-order valence-electron chi connectivity index (χ0n) is 15.4. The first-order valence-corrected chi connectivity index (χ1v) is 8.73. The Hall–Kier alpha value is -0.600. The highest BCUT2D eigenvalue weighted by molar-refractivity contribution is 5.10. The van der Waals surface area contributed by atoms with E-state index in [1.807, 2.05) is 6.08 Å². The number of fused-ring (bicyclic) bond motifs is 2. The third-order valence-electron chi connectivity index (χ3n) is 6.28. The molecule has 2 fully saturated rings. The molecule has 2 bridgehead atoms. The van der Waals surface area contributed by atoms with E-state index in [1.54, 1.807) is 0 Å². The van der Waals surface area contributed by atoms with Crippen LogP contribution in [0.4, 0.5) is 0 Å². The van der Waals surface area contributed by atoms with Gasteiger partial charge in [-0.3, -0.25) is 0 Å². The molecule has 3 atom stereocenters. The lowest BCUT2D eigenvalue weighted by molar-refractivity contribution is 0.0126. The van der Waals surface area contributed by atoms with Crippen LogP contribution >= 0.6 is 0 Å². The Balaban J connectivity index is 0.000000220. The minimum atomic E-state index is -0.0313. The summed E-state index contributed by atoms with van der Waals surface area (Å²) in [5, 5.41) is 18.4. The molecule has 0 saturated heterocycles. The van der Waals surface area contributed by atoms with Crippen molar-refractivity contribution in [3.63, 3.8) is 0 Å². The molecule has 2 nitrogen and oxygen atoms in total. The molecule has 0 aliphatic heterocycles. The summed E-state index contributed by atoms with van der Waals surface area (Å²) in [6.07, 6.45) is 9.80. The second-order valence-corrected chi connectivity index (χ2v) is 8.18. The van der Waals surface area contributed by atoms with Gasteiger partial charge in [0.2, 0.25) is 0 Å². The van der Waals surface area contributed by atoms with Crippen molar-refractivity contribution in [2.45, 2.75) is 79.8 Å². The first-order valence-electron chi connectivity index (χ1n) is 8.73. The van der Waals surface area contributed by atoms with Crippen LogP contribution in [0.15, 0.2) is 23.3 Å². The van der Waals surface area contributed by atoms with E-state index in [0.29, 0.717) is 5.41 Å². The van der Waals surface area contributed by atoms with Crippen molar-refractivity contribution >= 4 is 0 Å². The summed E-state index contributed by atoms with van der Waals surface area (Å²) in [5.41, 5.74) is 3.23. The molecule has 22 heavy (non-hydrogen) atoms. The third-order valence-corrected chi connectivity index (χ3v) is 6.28. The summed E-state index contributed by atoms with van der Waals surface area (Å²) in [7, 11) is 0. The van der Waals surface area contributed by atoms with E-state index in [1.165, 1.54) is 24.0 Å². The van der Waals surface area contributed by atoms with Gasteiger partial charge in [0.15, 0.2) is 0 Å². The first kappa shape index (κ1) is 19.4. The van der Waals surface area contributed by atoms with Crippen LogP contribution in [0, 0.1) is 16.7 Å². The number of aliphatic hydroxyl groups is 2. The van der Waals surface area contributed by atoms with Crippen LogP contribution in [0.1, 0.15) is 73.6 Å². The second-order valence-electron chi connectivity index (χ2n) is 8.18. The van der Waals surface area contributed by atoms with Crippen molar-refractivity contribution in [3.05, 3.63) is 23.3 Å². The van der Waals surface area contributed by atoms with Crippen LogP contribution in [0.2, 0.25) is 0 Å². The third kappa shape index (κ3) is 4.23. The van der Waals surface area contributed by atoms with Crippen LogP contribution in [-0.4, -0.2) is 22.9 Å². The minimum Gasteiger partial charge on any atom is -0.393 e. The summed E-state index contributed by atoms with van der Waals surface area (Å²) in [6.45, 7) is 13.3. The summed E-state index contributed by atoms with van der Waals surface area (Å²) in [6, 6.07) is 0. The molecule has 2 rings (SSSR count). The molecule has 0 unspecified atom stereocenters. The average Bonchev–Trinajstić information content (AvgIpc) is 2.72. The number of hydrogen-bond donors (Lipinski definition) is 2. The zero-order valence-corrected chi connectivity index (χ0v) is 15.4. The largest absolute Gasteiger partial charge is 0.393 e. The van der Waals surface area contributed by atoms with Crippen LogP contribution in [-0.2, 0) is 0 Å². The van der Waals surface area contributed by atoms with E-state index >= 15 is 0 Å². The van der Waals surface area contributed by atoms with Gasteiger partial charge in [0.1, 0.15) is 0 Å². The quantitative estimate of drug-likeness (QED) is 0.728. The van der Waals surface area contributed by atoms with Gasteiger partial charge >= 0.3 is 0 Å². The SMILES string of the molecule is CC(C)=CCC/C(C)=C/CO.CC1(C)[C@@H]2CC[C@@]1(C)[C@@H](O)C2. The van der Waals surface area contributed by atoms with Crippen molar-refractivity contribution in [1.82, 2.24) is 0 Å². The molecule has 0 heterocycles. The Morgan fingerprint density at radius 1 is 1.14 bits per heavy atom. The van der Waals surface area contributed by atoms with E-state index in [9.17, 15) is 5.11 Å². The molecule has 128 valence electrons. The molecule has 0 spiro atoms. The predicted octanol–water partition coefficient (Wildman–Crippen LogP) is 4.86. The summed E-state index contributed by atoms with van der Waals surface area (Å²) in [5.74, 6) is 0.780. The molecule has 2 saturated carbocycles. The number of hydrogen-bond acceptors (Lipinski definition) is 2. The van der Waals surface area contributed by atoms with Gasteiger partial charge in [0.05, 0.1) is 12.7 Å². The van der Waals surface area contributed by atoms with E-state index in [2.05, 4.69) is 47.6 Å². The van der Waals surface area contributed by atoms with Crippen molar-refractivity contribution in [2.75, 3.05) is 6.61 Å². The van der Waals surface area contributed by atoms with Crippen LogP contribution in [0.5, 0.6) is 0 Å². The van der Waals surface area contributed by atoms with Gasteiger partial charge < -0.3 is 10.2 Å². The van der Waals surface area contributed by atoms with Crippen LogP contribution < -0.4 is 0 Å². The van der Waals surface area contributed by atoms with E-state index in [-0.39, 0.29) is 18.1 Å². The highest BCUT2D eigenvalue weighted by atomic mass is 16.3. The van der Waals surface area contributed by atoms with Crippen LogP contribution in [0.25, 0.3) is 0 Å². The molecule has 0 aromatic carbocycles. The molecule has 0 aromatic heterocycles. The van der Waals surface area contributed by atoms with Gasteiger partial charge in [-0.2, -0.15) is 0 Å².